The fourth-order valence-corrected chi connectivity index (χ4v) is 2.66. The lowest BCUT2D eigenvalue weighted by molar-refractivity contribution is 0.112. The molecule has 0 aliphatic rings. The van der Waals surface area contributed by atoms with Crippen molar-refractivity contribution in [1.82, 2.24) is 0 Å². The van der Waals surface area contributed by atoms with Gasteiger partial charge >= 0.3 is 0 Å². The van der Waals surface area contributed by atoms with E-state index in [1.807, 2.05) is 5.38 Å². The Morgan fingerprint density at radius 1 is 1.50 bits per heavy atom. The number of hydrogen-bond acceptors (Lipinski definition) is 3. The Morgan fingerprint density at radius 2 is 2.29 bits per heavy atom. The molecule has 72 valence electrons. The fourth-order valence-electron chi connectivity index (χ4n) is 1.37. The minimum Gasteiger partial charge on any atom is -0.496 e. The van der Waals surface area contributed by atoms with Crippen LogP contribution in [0.3, 0.4) is 0 Å². The number of methoxy groups -OCH3 is 1. The summed E-state index contributed by atoms with van der Waals surface area (Å²) >= 11 is 7.45. The van der Waals surface area contributed by atoms with Crippen molar-refractivity contribution < 1.29 is 9.53 Å². The van der Waals surface area contributed by atoms with Crippen molar-refractivity contribution in [2.75, 3.05) is 7.11 Å². The number of halogens is 1. The summed E-state index contributed by atoms with van der Waals surface area (Å²) in [6, 6.07) is 3.49. The van der Waals surface area contributed by atoms with Crippen LogP contribution in [0.4, 0.5) is 0 Å². The number of rotatable bonds is 2. The second kappa shape index (κ2) is 3.59. The number of fused-ring (bicyclic) bond motifs is 1. The predicted molar refractivity (Wildman–Crippen MR) is 58.8 cm³/mol. The molecule has 0 saturated carbocycles. The van der Waals surface area contributed by atoms with Gasteiger partial charge in [0.05, 0.1) is 22.2 Å². The van der Waals surface area contributed by atoms with Crippen LogP contribution in [0.5, 0.6) is 5.75 Å². The highest BCUT2D eigenvalue weighted by Gasteiger charge is 2.11. The summed E-state index contributed by atoms with van der Waals surface area (Å²) in [4.78, 5) is 10.8. The van der Waals surface area contributed by atoms with E-state index in [0.29, 0.717) is 16.3 Å². The minimum absolute atomic E-state index is 0.630. The van der Waals surface area contributed by atoms with Gasteiger partial charge in [0.25, 0.3) is 0 Å². The zero-order valence-electron chi connectivity index (χ0n) is 7.41. The van der Waals surface area contributed by atoms with Gasteiger partial charge in [-0.15, -0.1) is 11.3 Å². The van der Waals surface area contributed by atoms with E-state index in [-0.39, 0.29) is 0 Å². The lowest BCUT2D eigenvalue weighted by atomic mass is 10.1. The Morgan fingerprint density at radius 3 is 2.93 bits per heavy atom. The zero-order valence-corrected chi connectivity index (χ0v) is 8.98. The van der Waals surface area contributed by atoms with Gasteiger partial charge < -0.3 is 4.74 Å². The van der Waals surface area contributed by atoms with Crippen LogP contribution in [0, 0.1) is 0 Å². The number of thiophene rings is 1. The first-order valence-electron chi connectivity index (χ1n) is 3.96. The van der Waals surface area contributed by atoms with E-state index in [1.54, 1.807) is 19.2 Å². The smallest absolute Gasteiger partial charge is 0.151 e. The maximum Gasteiger partial charge on any atom is 0.151 e. The molecule has 1 heterocycles. The van der Waals surface area contributed by atoms with E-state index in [2.05, 4.69) is 0 Å². The van der Waals surface area contributed by atoms with Crippen molar-refractivity contribution in [3.05, 3.63) is 28.1 Å². The first-order valence-corrected chi connectivity index (χ1v) is 5.22. The number of aldehydes is 1. The van der Waals surface area contributed by atoms with E-state index >= 15 is 0 Å². The van der Waals surface area contributed by atoms with Gasteiger partial charge in [0.15, 0.2) is 6.29 Å². The summed E-state index contributed by atoms with van der Waals surface area (Å²) in [6.07, 6.45) is 0.828. The molecule has 0 N–H and O–H groups in total. The number of benzene rings is 1. The van der Waals surface area contributed by atoms with Crippen molar-refractivity contribution in [2.45, 2.75) is 0 Å². The Kier molecular flexibility index (Phi) is 2.44. The van der Waals surface area contributed by atoms with Crippen molar-refractivity contribution in [3.8, 4) is 5.75 Å². The molecule has 2 aromatic rings. The molecule has 2 rings (SSSR count). The van der Waals surface area contributed by atoms with Crippen LogP contribution < -0.4 is 4.74 Å². The predicted octanol–water partition coefficient (Wildman–Crippen LogP) is 3.38. The van der Waals surface area contributed by atoms with Crippen LogP contribution in [0.25, 0.3) is 10.1 Å². The van der Waals surface area contributed by atoms with Crippen molar-refractivity contribution in [2.24, 2.45) is 0 Å². The third kappa shape index (κ3) is 1.29. The quantitative estimate of drug-likeness (QED) is 0.734. The van der Waals surface area contributed by atoms with Crippen LogP contribution in [0.1, 0.15) is 10.4 Å². The molecular formula is C10H7ClO2S. The standard InChI is InChI=1S/C10H7ClO2S/c1-13-8-3-2-6(4-12)10-9(8)7(11)5-14-10/h2-5H,1H3. The Labute approximate surface area is 90.1 Å². The molecular weight excluding hydrogens is 220 g/mol. The molecule has 1 aromatic heterocycles. The van der Waals surface area contributed by atoms with Crippen LogP contribution in [-0.2, 0) is 0 Å². The molecule has 0 aliphatic heterocycles. The Hall–Kier alpha value is -1.06. The third-order valence-corrected chi connectivity index (χ3v) is 3.47. The van der Waals surface area contributed by atoms with Gasteiger partial charge in [-0.3, -0.25) is 4.79 Å². The SMILES string of the molecule is COc1ccc(C=O)c2scc(Cl)c12. The second-order valence-corrected chi connectivity index (χ2v) is 4.05. The summed E-state index contributed by atoms with van der Waals surface area (Å²) in [5.74, 6) is 0.705. The van der Waals surface area contributed by atoms with Gasteiger partial charge in [0, 0.05) is 10.9 Å². The average molecular weight is 227 g/mol. The highest BCUT2D eigenvalue weighted by Crippen LogP contribution is 2.38. The van der Waals surface area contributed by atoms with Crippen LogP contribution in [0.2, 0.25) is 5.02 Å². The maximum atomic E-state index is 10.8. The summed E-state index contributed by atoms with van der Waals surface area (Å²) in [5, 5.41) is 3.26. The van der Waals surface area contributed by atoms with Gasteiger partial charge in [-0.2, -0.15) is 0 Å². The maximum absolute atomic E-state index is 10.8. The van der Waals surface area contributed by atoms with Crippen molar-refractivity contribution >= 4 is 39.3 Å². The molecule has 0 bridgehead atoms. The number of carbonyl (C=O) groups excluding carboxylic acids is 1. The monoisotopic (exact) mass is 226 g/mol. The van der Waals surface area contributed by atoms with Gasteiger partial charge in [0.1, 0.15) is 5.75 Å². The van der Waals surface area contributed by atoms with Crippen molar-refractivity contribution in [3.63, 3.8) is 0 Å². The van der Waals surface area contributed by atoms with Gasteiger partial charge in [0.2, 0.25) is 0 Å². The normalized spacial score (nSPS) is 10.4. The molecule has 4 heteroatoms. The fraction of sp³-hybridized carbons (Fsp3) is 0.100. The molecule has 0 radical (unpaired) electrons. The molecule has 0 spiro atoms. The number of carbonyl (C=O) groups is 1. The molecule has 0 aliphatic carbocycles. The highest BCUT2D eigenvalue weighted by molar-refractivity contribution is 7.18. The van der Waals surface area contributed by atoms with Crippen LogP contribution in [-0.4, -0.2) is 13.4 Å². The molecule has 2 nitrogen and oxygen atoms in total. The van der Waals surface area contributed by atoms with E-state index < -0.39 is 0 Å². The van der Waals surface area contributed by atoms with E-state index in [4.69, 9.17) is 16.3 Å². The lowest BCUT2D eigenvalue weighted by Crippen LogP contribution is -1.86. The molecule has 1 aromatic carbocycles. The highest BCUT2D eigenvalue weighted by atomic mass is 35.5. The van der Waals surface area contributed by atoms with Crippen LogP contribution >= 0.6 is 22.9 Å². The van der Waals surface area contributed by atoms with E-state index in [0.717, 1.165) is 16.4 Å². The first-order chi connectivity index (χ1) is 6.77. The summed E-state index contributed by atoms with van der Waals surface area (Å²) < 4.78 is 6.05. The van der Waals surface area contributed by atoms with Crippen LogP contribution in [0.15, 0.2) is 17.5 Å². The third-order valence-electron chi connectivity index (χ3n) is 2.02. The number of hydrogen-bond donors (Lipinski definition) is 0. The van der Waals surface area contributed by atoms with Gasteiger partial charge in [-0.25, -0.2) is 0 Å². The Bertz CT molecular complexity index is 490. The first kappa shape index (κ1) is 9.49. The number of ether oxygens (including phenoxy) is 1. The van der Waals surface area contributed by atoms with Gasteiger partial charge in [-0.1, -0.05) is 11.6 Å². The average Bonchev–Trinajstić information content (AvgIpc) is 2.60. The minimum atomic E-state index is 0.630. The van der Waals surface area contributed by atoms with Crippen molar-refractivity contribution in [1.29, 1.82) is 0 Å². The molecule has 0 amide bonds. The topological polar surface area (TPSA) is 26.3 Å². The second-order valence-electron chi connectivity index (χ2n) is 2.76. The molecule has 0 fully saturated rings. The van der Waals surface area contributed by atoms with E-state index in [9.17, 15) is 4.79 Å². The molecule has 0 unspecified atom stereocenters. The summed E-state index contributed by atoms with van der Waals surface area (Å²) in [7, 11) is 1.59. The summed E-state index contributed by atoms with van der Waals surface area (Å²) in [6.45, 7) is 0. The lowest BCUT2D eigenvalue weighted by Gasteiger charge is -2.03. The summed E-state index contributed by atoms with van der Waals surface area (Å²) in [5.41, 5.74) is 0.651. The molecule has 0 atom stereocenters. The molecule has 14 heavy (non-hydrogen) atoms. The van der Waals surface area contributed by atoms with E-state index in [1.165, 1.54) is 11.3 Å². The van der Waals surface area contributed by atoms with Gasteiger partial charge in [-0.05, 0) is 12.1 Å². The molecule has 0 saturated heterocycles. The zero-order chi connectivity index (χ0) is 10.1. The Balaban J connectivity index is 2.87. The largest absolute Gasteiger partial charge is 0.496 e.